The fraction of sp³-hybridized carbons (Fsp3) is 0.111. The number of anilines is 2. The van der Waals surface area contributed by atoms with Gasteiger partial charge in [0, 0.05) is 0 Å². The zero-order valence-corrected chi connectivity index (χ0v) is 10.6. The van der Waals surface area contributed by atoms with Crippen LogP contribution in [0.2, 0.25) is 0 Å². The molecule has 0 aliphatic carbocycles. The molecule has 0 aliphatic heterocycles. The standard InChI is InChI=1S/C9H6BrF2N3OS/c10-7-14-15-9(17-7)13-5-3-1-2-4-6(5)16-8(11)12/h1-4,8H,(H,13,15). The molecule has 0 bridgehead atoms. The van der Waals surface area contributed by atoms with E-state index in [1.54, 1.807) is 18.2 Å². The number of para-hydroxylation sites is 2. The van der Waals surface area contributed by atoms with Crippen LogP contribution in [0.1, 0.15) is 0 Å². The number of halogens is 3. The molecule has 4 nitrogen and oxygen atoms in total. The molecule has 8 heteroatoms. The third-order valence-corrected chi connectivity index (χ3v) is 3.02. The Kier molecular flexibility index (Phi) is 3.85. The molecule has 1 N–H and O–H groups in total. The Balaban J connectivity index is 2.20. The Labute approximate surface area is 108 Å². The van der Waals surface area contributed by atoms with Crippen molar-refractivity contribution in [3.05, 3.63) is 28.2 Å². The van der Waals surface area contributed by atoms with E-state index in [4.69, 9.17) is 0 Å². The van der Waals surface area contributed by atoms with Gasteiger partial charge in [0.1, 0.15) is 5.75 Å². The van der Waals surface area contributed by atoms with E-state index < -0.39 is 6.61 Å². The molecule has 0 saturated heterocycles. The van der Waals surface area contributed by atoms with Crippen LogP contribution in [0.4, 0.5) is 19.6 Å². The molecule has 1 aromatic carbocycles. The molecule has 0 saturated carbocycles. The van der Waals surface area contributed by atoms with Gasteiger partial charge in [-0.3, -0.25) is 0 Å². The highest BCUT2D eigenvalue weighted by Crippen LogP contribution is 2.30. The summed E-state index contributed by atoms with van der Waals surface area (Å²) in [5, 5.41) is 10.9. The van der Waals surface area contributed by atoms with Gasteiger partial charge in [0.05, 0.1) is 5.69 Å². The molecule has 1 heterocycles. The molecule has 90 valence electrons. The summed E-state index contributed by atoms with van der Waals surface area (Å²) >= 11 is 4.41. The van der Waals surface area contributed by atoms with Gasteiger partial charge in [0.15, 0.2) is 3.92 Å². The summed E-state index contributed by atoms with van der Waals surface area (Å²) in [6, 6.07) is 6.38. The molecule has 0 aliphatic rings. The monoisotopic (exact) mass is 321 g/mol. The lowest BCUT2D eigenvalue weighted by Crippen LogP contribution is -2.04. The molecule has 1 aromatic heterocycles. The average molecular weight is 322 g/mol. The maximum atomic E-state index is 12.2. The van der Waals surface area contributed by atoms with Crippen molar-refractivity contribution in [1.82, 2.24) is 10.2 Å². The molecule has 0 spiro atoms. The molecule has 17 heavy (non-hydrogen) atoms. The van der Waals surface area contributed by atoms with E-state index in [-0.39, 0.29) is 5.75 Å². The first-order chi connectivity index (χ1) is 8.15. The fourth-order valence-corrected chi connectivity index (χ4v) is 2.16. The summed E-state index contributed by atoms with van der Waals surface area (Å²) in [4.78, 5) is 0. The number of rotatable bonds is 4. The van der Waals surface area contributed by atoms with E-state index in [2.05, 4.69) is 36.2 Å². The van der Waals surface area contributed by atoms with Crippen molar-refractivity contribution in [3.8, 4) is 5.75 Å². The van der Waals surface area contributed by atoms with Crippen LogP contribution < -0.4 is 10.1 Å². The SMILES string of the molecule is FC(F)Oc1ccccc1Nc1nnc(Br)s1. The predicted octanol–water partition coefficient (Wildman–Crippen LogP) is 3.65. The first kappa shape index (κ1) is 12.2. The highest BCUT2D eigenvalue weighted by molar-refractivity contribution is 9.11. The van der Waals surface area contributed by atoms with Crippen LogP contribution in [-0.2, 0) is 0 Å². The summed E-state index contributed by atoms with van der Waals surface area (Å²) in [5.41, 5.74) is 0.413. The predicted molar refractivity (Wildman–Crippen MR) is 64.0 cm³/mol. The third kappa shape index (κ3) is 3.34. The Hall–Kier alpha value is -1.28. The van der Waals surface area contributed by atoms with Crippen molar-refractivity contribution in [1.29, 1.82) is 0 Å². The summed E-state index contributed by atoms with van der Waals surface area (Å²) in [7, 11) is 0. The number of ether oxygens (including phenoxy) is 1. The Morgan fingerprint density at radius 2 is 2.06 bits per heavy atom. The second-order valence-corrected chi connectivity index (χ2v) is 5.11. The molecule has 0 amide bonds. The van der Waals surface area contributed by atoms with Crippen molar-refractivity contribution < 1.29 is 13.5 Å². The first-order valence-corrected chi connectivity index (χ1v) is 6.06. The summed E-state index contributed by atoms with van der Waals surface area (Å²) in [6.07, 6.45) is 0. The van der Waals surface area contributed by atoms with Crippen LogP contribution in [0, 0.1) is 0 Å². The summed E-state index contributed by atoms with van der Waals surface area (Å²) < 4.78 is 29.3. The molecule has 0 unspecified atom stereocenters. The van der Waals surface area contributed by atoms with Gasteiger partial charge < -0.3 is 10.1 Å². The largest absolute Gasteiger partial charge is 0.433 e. The Morgan fingerprint density at radius 3 is 2.71 bits per heavy atom. The summed E-state index contributed by atoms with van der Waals surface area (Å²) in [6.45, 7) is -2.86. The van der Waals surface area contributed by atoms with Crippen LogP contribution in [0.5, 0.6) is 5.75 Å². The molecule has 0 atom stereocenters. The minimum Gasteiger partial charge on any atom is -0.433 e. The van der Waals surface area contributed by atoms with Gasteiger partial charge in [-0.1, -0.05) is 23.5 Å². The highest BCUT2D eigenvalue weighted by Gasteiger charge is 2.10. The van der Waals surface area contributed by atoms with Gasteiger partial charge in [-0.15, -0.1) is 10.2 Å². The molecular formula is C9H6BrF2N3OS. The van der Waals surface area contributed by atoms with Gasteiger partial charge in [0.2, 0.25) is 5.13 Å². The van der Waals surface area contributed by atoms with E-state index in [1.807, 2.05) is 0 Å². The van der Waals surface area contributed by atoms with Crippen LogP contribution >= 0.6 is 27.3 Å². The minimum atomic E-state index is -2.86. The number of benzene rings is 1. The molecular weight excluding hydrogens is 316 g/mol. The van der Waals surface area contributed by atoms with Crippen LogP contribution in [0.25, 0.3) is 0 Å². The van der Waals surface area contributed by atoms with Crippen LogP contribution in [0.3, 0.4) is 0 Å². The lowest BCUT2D eigenvalue weighted by atomic mass is 10.3. The number of hydrogen-bond acceptors (Lipinski definition) is 5. The number of alkyl halides is 2. The van der Waals surface area contributed by atoms with Crippen molar-refractivity contribution in [2.24, 2.45) is 0 Å². The topological polar surface area (TPSA) is 47.0 Å². The number of nitrogens with zero attached hydrogens (tertiary/aromatic N) is 2. The molecule has 0 fully saturated rings. The number of aromatic nitrogens is 2. The van der Waals surface area contributed by atoms with Crippen molar-refractivity contribution >= 4 is 38.1 Å². The lowest BCUT2D eigenvalue weighted by molar-refractivity contribution is -0.0493. The van der Waals surface area contributed by atoms with E-state index in [0.29, 0.717) is 14.7 Å². The number of hydrogen-bond donors (Lipinski definition) is 1. The fourth-order valence-electron chi connectivity index (χ4n) is 1.14. The smallest absolute Gasteiger partial charge is 0.387 e. The first-order valence-electron chi connectivity index (χ1n) is 4.45. The molecule has 2 aromatic rings. The maximum absolute atomic E-state index is 12.2. The van der Waals surface area contributed by atoms with Gasteiger partial charge in [0.25, 0.3) is 0 Å². The van der Waals surface area contributed by atoms with Crippen LogP contribution in [-0.4, -0.2) is 16.8 Å². The van der Waals surface area contributed by atoms with Crippen LogP contribution in [0.15, 0.2) is 28.2 Å². The summed E-state index contributed by atoms with van der Waals surface area (Å²) in [5.74, 6) is 0.0637. The van der Waals surface area contributed by atoms with Gasteiger partial charge in [-0.2, -0.15) is 8.78 Å². The van der Waals surface area contributed by atoms with E-state index in [0.717, 1.165) is 0 Å². The lowest BCUT2D eigenvalue weighted by Gasteiger charge is -2.10. The zero-order chi connectivity index (χ0) is 12.3. The van der Waals surface area contributed by atoms with Gasteiger partial charge in [-0.05, 0) is 28.1 Å². The normalized spacial score (nSPS) is 10.6. The van der Waals surface area contributed by atoms with E-state index in [1.165, 1.54) is 17.4 Å². The Morgan fingerprint density at radius 1 is 1.29 bits per heavy atom. The van der Waals surface area contributed by atoms with E-state index >= 15 is 0 Å². The van der Waals surface area contributed by atoms with Crippen molar-refractivity contribution in [2.45, 2.75) is 6.61 Å². The molecule has 0 radical (unpaired) electrons. The van der Waals surface area contributed by atoms with Crippen molar-refractivity contribution in [3.63, 3.8) is 0 Å². The van der Waals surface area contributed by atoms with Gasteiger partial charge >= 0.3 is 6.61 Å². The second kappa shape index (κ2) is 5.37. The average Bonchev–Trinajstić information content (AvgIpc) is 2.66. The second-order valence-electron chi connectivity index (χ2n) is 2.86. The zero-order valence-electron chi connectivity index (χ0n) is 8.23. The van der Waals surface area contributed by atoms with Crippen molar-refractivity contribution in [2.75, 3.05) is 5.32 Å². The highest BCUT2D eigenvalue weighted by atomic mass is 79.9. The minimum absolute atomic E-state index is 0.0637. The Bertz CT molecular complexity index is 508. The van der Waals surface area contributed by atoms with E-state index in [9.17, 15) is 8.78 Å². The number of nitrogens with one attached hydrogen (secondary N) is 1. The quantitative estimate of drug-likeness (QED) is 0.933. The maximum Gasteiger partial charge on any atom is 0.387 e. The van der Waals surface area contributed by atoms with Gasteiger partial charge in [-0.25, -0.2) is 0 Å². The third-order valence-electron chi connectivity index (χ3n) is 1.75. The molecule has 2 rings (SSSR count).